The molecule has 1 amide bonds. The maximum atomic E-state index is 13.5. The van der Waals surface area contributed by atoms with Gasteiger partial charge in [-0.05, 0) is 11.6 Å². The minimum Gasteiger partial charge on any atom is -0.351 e. The number of nitrogens with zero attached hydrogens (tertiary/aromatic N) is 4. The van der Waals surface area contributed by atoms with E-state index in [1.54, 1.807) is 18.2 Å². The van der Waals surface area contributed by atoms with Crippen LogP contribution in [0.4, 0.5) is 10.3 Å². The number of rotatable bonds is 8. The zero-order valence-corrected chi connectivity index (χ0v) is 15.6. The number of nitrogens with two attached hydrogens (primary N) is 1. The third-order valence-electron chi connectivity index (χ3n) is 3.60. The number of hydrazone groups is 1. The van der Waals surface area contributed by atoms with Crippen molar-refractivity contribution in [2.24, 2.45) is 5.10 Å². The number of halogens is 1. The molecule has 0 saturated heterocycles. The van der Waals surface area contributed by atoms with E-state index in [4.69, 9.17) is 5.84 Å². The summed E-state index contributed by atoms with van der Waals surface area (Å²) in [6.07, 6.45) is 1.31. The number of hydrogen-bond acceptors (Lipinski definition) is 7. The summed E-state index contributed by atoms with van der Waals surface area (Å²) in [7, 11) is 0. The van der Waals surface area contributed by atoms with E-state index in [2.05, 4.69) is 26.0 Å². The fraction of sp³-hybridized carbons (Fsp3) is 0.111. The molecule has 28 heavy (non-hydrogen) atoms. The van der Waals surface area contributed by atoms with Gasteiger partial charge in [-0.3, -0.25) is 4.79 Å². The fourth-order valence-electron chi connectivity index (χ4n) is 2.17. The van der Waals surface area contributed by atoms with Crippen LogP contribution in [0, 0.1) is 5.82 Å². The first kappa shape index (κ1) is 19.4. The van der Waals surface area contributed by atoms with Gasteiger partial charge in [0, 0.05) is 12.1 Å². The minimum atomic E-state index is -0.389. The van der Waals surface area contributed by atoms with E-state index in [9.17, 15) is 9.18 Å². The Morgan fingerprint density at radius 3 is 2.71 bits per heavy atom. The lowest BCUT2D eigenvalue weighted by atomic mass is 10.2. The number of benzene rings is 2. The molecule has 2 aromatic carbocycles. The van der Waals surface area contributed by atoms with E-state index >= 15 is 0 Å². The quantitative estimate of drug-likeness (QED) is 0.231. The molecule has 8 nitrogen and oxygen atoms in total. The van der Waals surface area contributed by atoms with E-state index in [-0.39, 0.29) is 23.4 Å². The summed E-state index contributed by atoms with van der Waals surface area (Å²) in [5.74, 6) is 5.66. The zero-order valence-electron chi connectivity index (χ0n) is 14.7. The van der Waals surface area contributed by atoms with Crippen molar-refractivity contribution in [3.63, 3.8) is 0 Å². The Morgan fingerprint density at radius 2 is 1.93 bits per heavy atom. The van der Waals surface area contributed by atoms with Crippen LogP contribution < -0.4 is 16.6 Å². The van der Waals surface area contributed by atoms with Crippen molar-refractivity contribution in [2.75, 3.05) is 17.0 Å². The second-order valence-corrected chi connectivity index (χ2v) is 6.56. The smallest absolute Gasteiger partial charge is 0.264 e. The monoisotopic (exact) mass is 399 g/mol. The fourth-order valence-corrected chi connectivity index (χ4v) is 2.86. The highest BCUT2D eigenvalue weighted by Crippen LogP contribution is 2.16. The van der Waals surface area contributed by atoms with Crippen LogP contribution in [0.25, 0.3) is 0 Å². The van der Waals surface area contributed by atoms with Crippen LogP contribution >= 0.6 is 11.8 Å². The summed E-state index contributed by atoms with van der Waals surface area (Å²) >= 11 is 1.14. The van der Waals surface area contributed by atoms with Gasteiger partial charge in [0.25, 0.3) is 5.95 Å². The molecular weight excluding hydrogens is 381 g/mol. The van der Waals surface area contributed by atoms with Gasteiger partial charge < -0.3 is 11.2 Å². The van der Waals surface area contributed by atoms with Gasteiger partial charge in [-0.25, -0.2) is 14.5 Å². The molecule has 0 aliphatic heterocycles. The molecule has 144 valence electrons. The Labute approximate surface area is 165 Å². The van der Waals surface area contributed by atoms with Gasteiger partial charge in [0.1, 0.15) is 5.82 Å². The number of carbonyl (C=O) groups excluding carboxylic acids is 1. The van der Waals surface area contributed by atoms with Gasteiger partial charge in [0.05, 0.1) is 12.0 Å². The maximum Gasteiger partial charge on any atom is 0.264 e. The first-order valence-electron chi connectivity index (χ1n) is 8.31. The topological polar surface area (TPSA) is 110 Å². The van der Waals surface area contributed by atoms with Crippen LogP contribution in [0.15, 0.2) is 64.9 Å². The summed E-state index contributed by atoms with van der Waals surface area (Å²) in [5, 5.41) is 14.8. The number of anilines is 1. The molecule has 0 bridgehead atoms. The van der Waals surface area contributed by atoms with Gasteiger partial charge in [0.2, 0.25) is 11.1 Å². The Hall–Kier alpha value is -3.40. The summed E-state index contributed by atoms with van der Waals surface area (Å²) in [6.45, 7) is 0.452. The van der Waals surface area contributed by atoms with Gasteiger partial charge >= 0.3 is 0 Å². The van der Waals surface area contributed by atoms with Crippen molar-refractivity contribution in [2.45, 2.75) is 11.7 Å². The minimum absolute atomic E-state index is 0.140. The van der Waals surface area contributed by atoms with E-state index in [0.29, 0.717) is 17.3 Å². The predicted molar refractivity (Wildman–Crippen MR) is 107 cm³/mol. The molecular formula is C18H18FN7OS. The lowest BCUT2D eigenvalue weighted by molar-refractivity contribution is -0.118. The molecule has 0 radical (unpaired) electrons. The molecule has 0 spiro atoms. The molecule has 10 heteroatoms. The van der Waals surface area contributed by atoms with Crippen LogP contribution in [0.5, 0.6) is 0 Å². The van der Waals surface area contributed by atoms with Crippen molar-refractivity contribution in [3.8, 4) is 0 Å². The zero-order chi connectivity index (χ0) is 19.8. The van der Waals surface area contributed by atoms with Crippen molar-refractivity contribution in [3.05, 3.63) is 71.5 Å². The third kappa shape index (κ3) is 5.30. The second-order valence-electron chi connectivity index (χ2n) is 5.62. The highest BCUT2D eigenvalue weighted by Gasteiger charge is 2.12. The summed E-state index contributed by atoms with van der Waals surface area (Å²) < 4.78 is 14.7. The predicted octanol–water partition coefficient (Wildman–Crippen LogP) is 1.99. The number of nitrogens with one attached hydrogen (secondary N) is 2. The van der Waals surface area contributed by atoms with Crippen molar-refractivity contribution < 1.29 is 9.18 Å². The maximum absolute atomic E-state index is 13.5. The number of nitrogen functional groups attached to an aromatic ring is 1. The van der Waals surface area contributed by atoms with Crippen molar-refractivity contribution >= 4 is 29.8 Å². The van der Waals surface area contributed by atoms with Crippen molar-refractivity contribution in [1.29, 1.82) is 0 Å². The Morgan fingerprint density at radius 1 is 1.18 bits per heavy atom. The SMILES string of the molecule is Nn1c(N/N=C/c2ccccc2F)nnc1SCC(=O)NCc1ccccc1. The molecule has 4 N–H and O–H groups in total. The van der Waals surface area contributed by atoms with E-state index in [0.717, 1.165) is 17.3 Å². The van der Waals surface area contributed by atoms with Gasteiger partial charge in [-0.15, -0.1) is 10.2 Å². The average molecular weight is 399 g/mol. The third-order valence-corrected chi connectivity index (χ3v) is 4.55. The molecule has 1 heterocycles. The summed E-state index contributed by atoms with van der Waals surface area (Å²) in [5.41, 5.74) is 3.93. The normalized spacial score (nSPS) is 10.9. The van der Waals surface area contributed by atoms with Gasteiger partial charge in [0.15, 0.2) is 0 Å². The van der Waals surface area contributed by atoms with Gasteiger partial charge in [-0.2, -0.15) is 5.10 Å². The molecule has 0 saturated carbocycles. The number of hydrogen-bond donors (Lipinski definition) is 3. The highest BCUT2D eigenvalue weighted by atomic mass is 32.2. The molecule has 0 fully saturated rings. The standard InChI is InChI=1S/C18H18FN7OS/c19-15-9-5-4-8-14(15)11-22-23-17-24-25-18(26(17)20)28-12-16(27)21-10-13-6-2-1-3-7-13/h1-9,11H,10,12,20H2,(H,21,27)(H,23,24)/b22-11+. The first-order chi connectivity index (χ1) is 13.6. The lowest BCUT2D eigenvalue weighted by Gasteiger charge is -2.05. The van der Waals surface area contributed by atoms with Crippen LogP contribution in [-0.2, 0) is 11.3 Å². The molecule has 3 aromatic rings. The Bertz CT molecular complexity index is 962. The summed E-state index contributed by atoms with van der Waals surface area (Å²) in [4.78, 5) is 12.0. The highest BCUT2D eigenvalue weighted by molar-refractivity contribution is 7.99. The largest absolute Gasteiger partial charge is 0.351 e. The molecule has 0 atom stereocenters. The van der Waals surface area contributed by atoms with Crippen LogP contribution in [0.1, 0.15) is 11.1 Å². The number of thioether (sulfide) groups is 1. The van der Waals surface area contributed by atoms with E-state index in [1.807, 2.05) is 30.3 Å². The molecule has 0 aliphatic rings. The lowest BCUT2D eigenvalue weighted by Crippen LogP contribution is -2.25. The average Bonchev–Trinajstić information content (AvgIpc) is 3.07. The number of carbonyl (C=O) groups is 1. The van der Waals surface area contributed by atoms with Gasteiger partial charge in [-0.1, -0.05) is 60.3 Å². The summed E-state index contributed by atoms with van der Waals surface area (Å²) in [6, 6.07) is 15.8. The second kappa shape index (κ2) is 9.51. The van der Waals surface area contributed by atoms with Crippen molar-refractivity contribution in [1.82, 2.24) is 20.2 Å². The number of amides is 1. The Kier molecular flexibility index (Phi) is 6.58. The molecule has 0 unspecified atom stereocenters. The first-order valence-corrected chi connectivity index (χ1v) is 9.29. The van der Waals surface area contributed by atoms with Crippen LogP contribution in [0.2, 0.25) is 0 Å². The molecule has 0 aliphatic carbocycles. The molecule has 1 aromatic heterocycles. The van der Waals surface area contributed by atoms with Crippen LogP contribution in [-0.4, -0.2) is 32.7 Å². The van der Waals surface area contributed by atoms with E-state index in [1.165, 1.54) is 17.0 Å². The molecule has 3 rings (SSSR count). The van der Waals surface area contributed by atoms with E-state index < -0.39 is 0 Å². The number of aromatic nitrogens is 3. The Balaban J connectivity index is 1.49. The van der Waals surface area contributed by atoms with Crippen LogP contribution in [0.3, 0.4) is 0 Å².